The molecule has 0 radical (unpaired) electrons. The smallest absolute Gasteiger partial charge is 0.337 e. The summed E-state index contributed by atoms with van der Waals surface area (Å²) in [7, 11) is 1.36. The molecule has 244 valence electrons. The Hall–Kier alpha value is -5.62. The van der Waals surface area contributed by atoms with E-state index in [-0.39, 0.29) is 23.8 Å². The first-order chi connectivity index (χ1) is 23.6. The Labute approximate surface area is 276 Å². The van der Waals surface area contributed by atoms with Crippen LogP contribution in [0.3, 0.4) is 0 Å². The average molecular weight is 645 g/mol. The lowest BCUT2D eigenvalue weighted by Crippen LogP contribution is -2.28. The largest absolute Gasteiger partial charge is 0.465 e. The monoisotopic (exact) mass is 644 g/mol. The summed E-state index contributed by atoms with van der Waals surface area (Å²) in [6.45, 7) is 3.19. The second-order valence-corrected chi connectivity index (χ2v) is 11.7. The van der Waals surface area contributed by atoms with Gasteiger partial charge in [0, 0.05) is 18.8 Å². The van der Waals surface area contributed by atoms with Crippen molar-refractivity contribution in [1.29, 1.82) is 0 Å². The summed E-state index contributed by atoms with van der Waals surface area (Å²) in [6.07, 6.45) is 6.83. The van der Waals surface area contributed by atoms with Crippen molar-refractivity contribution in [2.45, 2.75) is 51.4 Å². The van der Waals surface area contributed by atoms with Gasteiger partial charge in [0.25, 0.3) is 5.56 Å². The van der Waals surface area contributed by atoms with Gasteiger partial charge in [-0.25, -0.2) is 24.7 Å². The van der Waals surface area contributed by atoms with Gasteiger partial charge in [-0.2, -0.15) is 0 Å². The average Bonchev–Trinajstić information content (AvgIpc) is 3.58. The van der Waals surface area contributed by atoms with Crippen LogP contribution in [0.2, 0.25) is 0 Å². The Morgan fingerprint density at radius 3 is 2.60 bits per heavy atom. The lowest BCUT2D eigenvalue weighted by Gasteiger charge is -2.24. The Balaban J connectivity index is 1.26. The molecule has 0 saturated carbocycles. The fourth-order valence-corrected chi connectivity index (χ4v) is 6.15. The van der Waals surface area contributed by atoms with Crippen LogP contribution in [0, 0.1) is 0 Å². The highest BCUT2D eigenvalue weighted by molar-refractivity contribution is 5.91. The topological polar surface area (TPSA) is 138 Å². The Kier molecular flexibility index (Phi) is 8.80. The number of hydrogen-bond donors (Lipinski definition) is 2. The molecule has 6 aromatic rings. The summed E-state index contributed by atoms with van der Waals surface area (Å²) in [5.41, 5.74) is 4.47. The van der Waals surface area contributed by atoms with E-state index in [1.54, 1.807) is 23.0 Å². The fourth-order valence-electron chi connectivity index (χ4n) is 6.15. The number of carbonyl (C=O) groups excluding carboxylic acids is 1. The highest BCUT2D eigenvalue weighted by atomic mass is 16.5. The van der Waals surface area contributed by atoms with Crippen LogP contribution in [-0.2, 0) is 16.0 Å². The number of fused-ring (bicyclic) bond motifs is 2. The van der Waals surface area contributed by atoms with Crippen LogP contribution in [0.1, 0.15) is 66.6 Å². The molecule has 0 bridgehead atoms. The molecule has 3 aromatic carbocycles. The molecule has 0 amide bonds. The van der Waals surface area contributed by atoms with Crippen LogP contribution in [0.15, 0.2) is 90.2 Å². The minimum atomic E-state index is -0.389. The van der Waals surface area contributed by atoms with Crippen molar-refractivity contribution >= 4 is 39.5 Å². The molecule has 1 saturated heterocycles. The van der Waals surface area contributed by atoms with E-state index in [9.17, 15) is 9.59 Å². The number of hydrogen-bond acceptors (Lipinski definition) is 10. The number of esters is 1. The number of nitrogens with zero attached hydrogens (tertiary/aromatic N) is 6. The maximum atomic E-state index is 14.5. The van der Waals surface area contributed by atoms with Crippen molar-refractivity contribution < 1.29 is 14.3 Å². The second-order valence-electron chi connectivity index (χ2n) is 11.7. The summed E-state index contributed by atoms with van der Waals surface area (Å²) in [5, 5.41) is 7.43. The summed E-state index contributed by atoms with van der Waals surface area (Å²) >= 11 is 0. The molecule has 12 nitrogen and oxygen atoms in total. The van der Waals surface area contributed by atoms with E-state index >= 15 is 0 Å². The van der Waals surface area contributed by atoms with Gasteiger partial charge in [-0.05, 0) is 67.6 Å². The molecule has 2 N–H and O–H groups in total. The summed E-state index contributed by atoms with van der Waals surface area (Å²) in [6, 6.07) is 21.9. The first kappa shape index (κ1) is 31.0. The molecular formula is C36H36N8O4. The third-order valence-corrected chi connectivity index (χ3v) is 8.65. The maximum Gasteiger partial charge on any atom is 0.337 e. The summed E-state index contributed by atoms with van der Waals surface area (Å²) in [5.74, 6) is 0.724. The van der Waals surface area contributed by atoms with Gasteiger partial charge in [-0.1, -0.05) is 43.3 Å². The Morgan fingerprint density at radius 1 is 1.02 bits per heavy atom. The number of para-hydroxylation sites is 1. The molecule has 1 unspecified atom stereocenters. The SMILES string of the molecule is CC[C@H](Nc1ncnc2c1ncn2C1CCCCO1)c1nc2cccc(NCc3ccc(C(=O)OC)cc3)c2c(=O)n1-c1ccccc1. The number of carbonyl (C=O) groups is 1. The van der Waals surface area contributed by atoms with Crippen molar-refractivity contribution in [3.63, 3.8) is 0 Å². The third kappa shape index (κ3) is 5.97. The van der Waals surface area contributed by atoms with Crippen molar-refractivity contribution in [2.75, 3.05) is 24.4 Å². The predicted octanol–water partition coefficient (Wildman–Crippen LogP) is 6.19. The molecule has 3 aromatic heterocycles. The summed E-state index contributed by atoms with van der Waals surface area (Å²) in [4.78, 5) is 45.3. The molecule has 0 spiro atoms. The standard InChI is InChI=1S/C36H36N8O4/c1-3-26(41-32-31-34(39-21-38-32)43(22-40-31)29-14-7-8-19-48-29)33-42-28-13-9-12-27(30(28)35(45)44(33)25-10-5-4-6-11-25)37-20-23-15-17-24(18-16-23)36(46)47-2/h4-6,9-13,15-18,21-22,26,29,37H,3,7-8,14,19-20H2,1-2H3,(H,38,39,41)/t26-,29?/m0/s1. The zero-order chi connectivity index (χ0) is 33.0. The number of ether oxygens (including phenoxy) is 2. The Bertz CT molecular complexity index is 2120. The molecule has 48 heavy (non-hydrogen) atoms. The van der Waals surface area contributed by atoms with Gasteiger partial charge < -0.3 is 20.1 Å². The molecule has 0 aliphatic carbocycles. The van der Waals surface area contributed by atoms with Gasteiger partial charge in [0.05, 0.1) is 41.6 Å². The Morgan fingerprint density at radius 2 is 1.85 bits per heavy atom. The normalized spacial score (nSPS) is 15.3. The highest BCUT2D eigenvalue weighted by Crippen LogP contribution is 2.31. The van der Waals surface area contributed by atoms with Crippen molar-refractivity contribution in [1.82, 2.24) is 29.1 Å². The quantitative estimate of drug-likeness (QED) is 0.166. The molecule has 12 heteroatoms. The number of nitrogens with one attached hydrogen (secondary N) is 2. The van der Waals surface area contributed by atoms with E-state index in [1.807, 2.05) is 72.2 Å². The van der Waals surface area contributed by atoms with Crippen molar-refractivity contribution in [2.24, 2.45) is 0 Å². The molecule has 1 aliphatic heterocycles. The van der Waals surface area contributed by atoms with E-state index in [4.69, 9.17) is 14.5 Å². The lowest BCUT2D eigenvalue weighted by atomic mass is 10.1. The van der Waals surface area contributed by atoms with E-state index in [0.29, 0.717) is 70.2 Å². The van der Waals surface area contributed by atoms with Crippen LogP contribution in [-0.4, -0.2) is 48.8 Å². The zero-order valence-electron chi connectivity index (χ0n) is 26.8. The number of methoxy groups -OCH3 is 1. The number of benzene rings is 3. The van der Waals surface area contributed by atoms with Crippen molar-refractivity contribution in [3.05, 3.63) is 113 Å². The van der Waals surface area contributed by atoms with Gasteiger partial charge in [-0.15, -0.1) is 0 Å². The molecule has 2 atom stereocenters. The summed E-state index contributed by atoms with van der Waals surface area (Å²) < 4.78 is 14.5. The van der Waals surface area contributed by atoms with Crippen LogP contribution >= 0.6 is 0 Å². The molecule has 1 fully saturated rings. The fraction of sp³-hybridized carbons (Fsp3) is 0.278. The lowest BCUT2D eigenvalue weighted by molar-refractivity contribution is -0.0298. The minimum Gasteiger partial charge on any atom is -0.465 e. The number of imidazole rings is 1. The molecule has 7 rings (SSSR count). The maximum absolute atomic E-state index is 14.5. The van der Waals surface area contributed by atoms with E-state index in [2.05, 4.69) is 25.6 Å². The van der Waals surface area contributed by atoms with E-state index in [0.717, 1.165) is 24.8 Å². The molecule has 1 aliphatic rings. The van der Waals surface area contributed by atoms with Crippen LogP contribution < -0.4 is 16.2 Å². The number of anilines is 2. The van der Waals surface area contributed by atoms with E-state index in [1.165, 1.54) is 13.4 Å². The van der Waals surface area contributed by atoms with Gasteiger partial charge in [0.15, 0.2) is 17.0 Å². The predicted molar refractivity (Wildman–Crippen MR) is 183 cm³/mol. The second kappa shape index (κ2) is 13.6. The van der Waals surface area contributed by atoms with Crippen LogP contribution in [0.25, 0.3) is 27.8 Å². The van der Waals surface area contributed by atoms with Gasteiger partial charge in [-0.3, -0.25) is 13.9 Å². The molecule has 4 heterocycles. The van der Waals surface area contributed by atoms with Crippen LogP contribution in [0.5, 0.6) is 0 Å². The van der Waals surface area contributed by atoms with Gasteiger partial charge in [0.1, 0.15) is 18.4 Å². The van der Waals surface area contributed by atoms with Gasteiger partial charge in [0.2, 0.25) is 0 Å². The number of rotatable bonds is 10. The molecular weight excluding hydrogens is 608 g/mol. The van der Waals surface area contributed by atoms with Gasteiger partial charge >= 0.3 is 5.97 Å². The highest BCUT2D eigenvalue weighted by Gasteiger charge is 2.25. The van der Waals surface area contributed by atoms with E-state index < -0.39 is 0 Å². The zero-order valence-corrected chi connectivity index (χ0v) is 26.8. The number of aromatic nitrogens is 6. The van der Waals surface area contributed by atoms with Crippen molar-refractivity contribution in [3.8, 4) is 5.69 Å². The minimum absolute atomic E-state index is 0.110. The first-order valence-corrected chi connectivity index (χ1v) is 16.1. The first-order valence-electron chi connectivity index (χ1n) is 16.1. The van der Waals surface area contributed by atoms with Crippen LogP contribution in [0.4, 0.5) is 11.5 Å². The third-order valence-electron chi connectivity index (χ3n) is 8.65.